The first-order chi connectivity index (χ1) is 20.1. The van der Waals surface area contributed by atoms with Gasteiger partial charge in [-0.3, -0.25) is 4.79 Å². The Bertz CT molecular complexity index is 1590. The highest BCUT2D eigenvalue weighted by Crippen LogP contribution is 2.33. The monoisotopic (exact) mass is 589 g/mol. The van der Waals surface area contributed by atoms with Crippen molar-refractivity contribution in [1.82, 2.24) is 20.6 Å². The van der Waals surface area contributed by atoms with Crippen molar-refractivity contribution in [3.05, 3.63) is 93.9 Å². The number of carboxylic acids is 1. The van der Waals surface area contributed by atoms with Gasteiger partial charge in [0.15, 0.2) is 11.7 Å². The molecule has 218 valence electrons. The van der Waals surface area contributed by atoms with Gasteiger partial charge < -0.3 is 29.8 Å². The van der Waals surface area contributed by atoms with Crippen LogP contribution in [0.1, 0.15) is 52.8 Å². The second-order valence-corrected chi connectivity index (χ2v) is 9.83. The third-order valence-electron chi connectivity index (χ3n) is 6.59. The number of carbonyl (C=O) groups excluding carboxylic acids is 2. The molecule has 1 aromatic heterocycles. The highest BCUT2D eigenvalue weighted by atomic mass is 32.1. The van der Waals surface area contributed by atoms with Gasteiger partial charge in [0, 0.05) is 33.9 Å². The number of aromatic nitrogens is 1. The predicted molar refractivity (Wildman–Crippen MR) is 161 cm³/mol. The first kappa shape index (κ1) is 30.0. The van der Waals surface area contributed by atoms with Crippen LogP contribution in [-0.4, -0.2) is 52.1 Å². The van der Waals surface area contributed by atoms with Crippen LogP contribution < -0.4 is 20.8 Å². The number of nitrogens with one attached hydrogen (secondary N) is 3. The second-order valence-electron chi connectivity index (χ2n) is 9.42. The maximum absolute atomic E-state index is 12.7. The van der Waals surface area contributed by atoms with Gasteiger partial charge in [-0.2, -0.15) is 5.10 Å². The fraction of sp³-hybridized carbons (Fsp3) is 0.233. The number of hydrogen-bond donors (Lipinski definition) is 4. The van der Waals surface area contributed by atoms with E-state index in [2.05, 4.69) is 21.2 Å². The number of nitrogens with zero attached hydrogens (tertiary/aromatic N) is 2. The maximum Gasteiger partial charge on any atom is 0.338 e. The summed E-state index contributed by atoms with van der Waals surface area (Å²) in [4.78, 5) is 36.5. The zero-order valence-corrected chi connectivity index (χ0v) is 24.4. The smallest absolute Gasteiger partial charge is 0.338 e. The lowest BCUT2D eigenvalue weighted by molar-refractivity contribution is -0.139. The summed E-state index contributed by atoms with van der Waals surface area (Å²) in [5.41, 5.74) is 7.61. The molecule has 2 aromatic carbocycles. The second kappa shape index (κ2) is 13.1. The summed E-state index contributed by atoms with van der Waals surface area (Å²) in [6.07, 6.45) is 1.54. The average molecular weight is 590 g/mol. The molecule has 0 saturated carbocycles. The van der Waals surface area contributed by atoms with Gasteiger partial charge >= 0.3 is 11.9 Å². The van der Waals surface area contributed by atoms with Crippen LogP contribution in [0.3, 0.4) is 0 Å². The number of ether oxygens (including phenoxy) is 2. The summed E-state index contributed by atoms with van der Waals surface area (Å²) >= 11 is 5.31. The summed E-state index contributed by atoms with van der Waals surface area (Å²) < 4.78 is 13.1. The summed E-state index contributed by atoms with van der Waals surface area (Å²) in [5.74, 6) is -1.56. The molecule has 42 heavy (non-hydrogen) atoms. The van der Waals surface area contributed by atoms with E-state index in [1.165, 1.54) is 6.21 Å². The molecule has 0 unspecified atom stereocenters. The molecule has 3 aromatic rings. The van der Waals surface area contributed by atoms with E-state index in [0.29, 0.717) is 27.7 Å². The summed E-state index contributed by atoms with van der Waals surface area (Å²) in [6, 6.07) is 14.9. The lowest BCUT2D eigenvalue weighted by Crippen LogP contribution is -2.45. The van der Waals surface area contributed by atoms with E-state index in [1.54, 1.807) is 62.4 Å². The summed E-state index contributed by atoms with van der Waals surface area (Å²) in [5, 5.41) is 19.6. The van der Waals surface area contributed by atoms with Gasteiger partial charge in [0.2, 0.25) is 0 Å². The first-order valence-electron chi connectivity index (χ1n) is 13.1. The number of amides is 1. The largest absolute Gasteiger partial charge is 0.483 e. The first-order valence-corrected chi connectivity index (χ1v) is 13.5. The number of carbonyl (C=O) groups is 3. The van der Waals surface area contributed by atoms with E-state index < -0.39 is 23.9 Å². The van der Waals surface area contributed by atoms with Crippen molar-refractivity contribution in [2.45, 2.75) is 33.7 Å². The number of hydrazone groups is 1. The normalized spacial score (nSPS) is 14.8. The number of allylic oxidation sites excluding steroid dienone is 1. The molecule has 0 bridgehead atoms. The fourth-order valence-electron chi connectivity index (χ4n) is 4.68. The van der Waals surface area contributed by atoms with Crippen molar-refractivity contribution in [3.63, 3.8) is 0 Å². The van der Waals surface area contributed by atoms with Gasteiger partial charge in [0.1, 0.15) is 5.75 Å². The molecule has 12 heteroatoms. The number of benzene rings is 2. The number of rotatable bonds is 10. The van der Waals surface area contributed by atoms with Gasteiger partial charge in [0.05, 0.1) is 30.0 Å². The standard InChI is InChI=1S/C30H31N5O6S/c1-5-40-29(39)26-18(3)32-30(42)33-27(26)23-8-6-7-9-24(23)41-16-25(36)34-31-15-21-14-17(2)35(19(21)4)22-12-10-20(11-13-22)28(37)38/h6-15,27H,5,16H2,1-4H3,(H,34,36)(H,37,38)(H2,32,33,42)/t27-/m0/s1. The van der Waals surface area contributed by atoms with Crippen LogP contribution in [0, 0.1) is 13.8 Å². The molecule has 0 saturated heterocycles. The van der Waals surface area contributed by atoms with Crippen molar-refractivity contribution >= 4 is 41.4 Å². The van der Waals surface area contributed by atoms with Crippen LogP contribution in [0.5, 0.6) is 5.75 Å². The Morgan fingerprint density at radius 1 is 1.12 bits per heavy atom. The van der Waals surface area contributed by atoms with Gasteiger partial charge in [-0.15, -0.1) is 0 Å². The van der Waals surface area contributed by atoms with Gasteiger partial charge in [0.25, 0.3) is 5.91 Å². The predicted octanol–water partition coefficient (Wildman–Crippen LogP) is 3.68. The van der Waals surface area contributed by atoms with Crippen LogP contribution in [0.2, 0.25) is 0 Å². The van der Waals surface area contributed by atoms with Gasteiger partial charge in [-0.05, 0) is 76.3 Å². The molecular formula is C30H31N5O6S. The van der Waals surface area contributed by atoms with E-state index in [9.17, 15) is 14.4 Å². The number of para-hydroxylation sites is 1. The molecule has 1 amide bonds. The Hall–Kier alpha value is -4.97. The third-order valence-corrected chi connectivity index (χ3v) is 6.81. The van der Waals surface area contributed by atoms with E-state index in [0.717, 1.165) is 22.6 Å². The van der Waals surface area contributed by atoms with E-state index in [4.69, 9.17) is 26.8 Å². The molecule has 0 aliphatic carbocycles. The molecule has 1 aliphatic heterocycles. The molecule has 4 N–H and O–H groups in total. The zero-order valence-electron chi connectivity index (χ0n) is 23.6. The number of hydrogen-bond acceptors (Lipinski definition) is 7. The van der Waals surface area contributed by atoms with E-state index in [-0.39, 0.29) is 18.8 Å². The van der Waals surface area contributed by atoms with Crippen molar-refractivity contribution in [2.24, 2.45) is 5.10 Å². The molecule has 2 heterocycles. The molecule has 0 fully saturated rings. The Morgan fingerprint density at radius 2 is 1.83 bits per heavy atom. The van der Waals surface area contributed by atoms with Crippen LogP contribution >= 0.6 is 12.2 Å². The number of aromatic carboxylic acids is 1. The van der Waals surface area contributed by atoms with Crippen LogP contribution in [-0.2, 0) is 14.3 Å². The van der Waals surface area contributed by atoms with Gasteiger partial charge in [-0.25, -0.2) is 15.0 Å². The maximum atomic E-state index is 12.7. The highest BCUT2D eigenvalue weighted by molar-refractivity contribution is 7.80. The van der Waals surface area contributed by atoms with Crippen molar-refractivity contribution < 1.29 is 29.0 Å². The molecule has 0 spiro atoms. The molecule has 1 atom stereocenters. The molecule has 0 radical (unpaired) electrons. The minimum Gasteiger partial charge on any atom is -0.483 e. The number of esters is 1. The van der Waals surface area contributed by atoms with Gasteiger partial charge in [-0.1, -0.05) is 18.2 Å². The van der Waals surface area contributed by atoms with Crippen molar-refractivity contribution in [3.8, 4) is 11.4 Å². The van der Waals surface area contributed by atoms with E-state index >= 15 is 0 Å². The van der Waals surface area contributed by atoms with Crippen molar-refractivity contribution in [2.75, 3.05) is 13.2 Å². The molecule has 1 aliphatic rings. The SMILES string of the molecule is CCOC(=O)C1=C(C)NC(=S)N[C@H]1c1ccccc1OCC(=O)NN=Cc1cc(C)n(-c2ccc(C(=O)O)cc2)c1C. The number of carboxylic acid groups (broad SMARTS) is 1. The average Bonchev–Trinajstić information content (AvgIpc) is 3.24. The third kappa shape index (κ3) is 6.66. The van der Waals surface area contributed by atoms with Crippen LogP contribution in [0.4, 0.5) is 0 Å². The minimum absolute atomic E-state index is 0.206. The lowest BCUT2D eigenvalue weighted by Gasteiger charge is -2.30. The molecular weight excluding hydrogens is 558 g/mol. The number of thiocarbonyl (C=S) groups is 1. The van der Waals surface area contributed by atoms with E-state index in [1.807, 2.05) is 24.5 Å². The quantitative estimate of drug-likeness (QED) is 0.121. The Morgan fingerprint density at radius 3 is 2.52 bits per heavy atom. The number of aryl methyl sites for hydroxylation is 1. The Kier molecular flexibility index (Phi) is 9.38. The lowest BCUT2D eigenvalue weighted by atomic mass is 9.95. The topological polar surface area (TPSA) is 143 Å². The van der Waals surface area contributed by atoms with Crippen LogP contribution in [0.25, 0.3) is 5.69 Å². The molecule has 4 rings (SSSR count). The minimum atomic E-state index is -0.987. The Labute approximate surface area is 248 Å². The summed E-state index contributed by atoms with van der Waals surface area (Å²) in [6.45, 7) is 7.20. The fourth-order valence-corrected chi connectivity index (χ4v) is 4.95. The zero-order chi connectivity index (χ0) is 30.4. The Balaban J connectivity index is 1.43. The van der Waals surface area contributed by atoms with Crippen LogP contribution in [0.15, 0.2) is 71.0 Å². The van der Waals surface area contributed by atoms with Crippen molar-refractivity contribution in [1.29, 1.82) is 0 Å². The molecule has 11 nitrogen and oxygen atoms in total. The highest BCUT2D eigenvalue weighted by Gasteiger charge is 2.32. The summed E-state index contributed by atoms with van der Waals surface area (Å²) in [7, 11) is 0.